The molecule has 1 aromatic rings. The smallest absolute Gasteiger partial charge is 0.317 e. The van der Waals surface area contributed by atoms with E-state index in [1.807, 2.05) is 17.0 Å². The van der Waals surface area contributed by atoms with Gasteiger partial charge in [0, 0.05) is 58.0 Å². The molecule has 0 bridgehead atoms. The number of benzene rings is 1. The van der Waals surface area contributed by atoms with E-state index in [-0.39, 0.29) is 24.6 Å². The van der Waals surface area contributed by atoms with E-state index >= 15 is 0 Å². The third-order valence-electron chi connectivity index (χ3n) is 4.81. The molecule has 3 N–H and O–H groups in total. The minimum Gasteiger partial charge on any atom is -0.396 e. The summed E-state index contributed by atoms with van der Waals surface area (Å²) in [6.45, 7) is 7.97. The third kappa shape index (κ3) is 6.22. The zero-order valence-electron chi connectivity index (χ0n) is 16.6. The lowest BCUT2D eigenvalue weighted by atomic mass is 10.1. The summed E-state index contributed by atoms with van der Waals surface area (Å²) >= 11 is 0. The van der Waals surface area contributed by atoms with Gasteiger partial charge in [-0.3, -0.25) is 9.69 Å². The highest BCUT2D eigenvalue weighted by Gasteiger charge is 2.29. The Morgan fingerprint density at radius 1 is 1.30 bits per heavy atom. The number of carbonyl (C=O) groups is 2. The van der Waals surface area contributed by atoms with Crippen LogP contribution in [-0.2, 0) is 6.54 Å². The van der Waals surface area contributed by atoms with Crippen molar-refractivity contribution >= 4 is 11.9 Å². The molecule has 1 unspecified atom stereocenters. The van der Waals surface area contributed by atoms with Gasteiger partial charge < -0.3 is 20.6 Å². The number of rotatable bonds is 7. The van der Waals surface area contributed by atoms with Crippen molar-refractivity contribution < 1.29 is 14.7 Å². The molecular formula is C20H32N4O3. The van der Waals surface area contributed by atoms with Gasteiger partial charge in [-0.2, -0.15) is 0 Å². The number of aliphatic hydroxyl groups excluding tert-OH is 1. The van der Waals surface area contributed by atoms with Crippen LogP contribution in [0.2, 0.25) is 0 Å². The monoisotopic (exact) mass is 376 g/mol. The van der Waals surface area contributed by atoms with Crippen LogP contribution in [0.3, 0.4) is 0 Å². The molecule has 1 heterocycles. The Hall–Kier alpha value is -2.12. The van der Waals surface area contributed by atoms with Gasteiger partial charge in [-0.25, -0.2) is 4.79 Å². The normalized spacial score (nSPS) is 17.8. The predicted molar refractivity (Wildman–Crippen MR) is 106 cm³/mol. The molecule has 1 fully saturated rings. The number of piperazine rings is 1. The van der Waals surface area contributed by atoms with E-state index in [0.29, 0.717) is 37.5 Å². The van der Waals surface area contributed by atoms with Crippen molar-refractivity contribution in [3.05, 3.63) is 35.4 Å². The van der Waals surface area contributed by atoms with Gasteiger partial charge in [0.05, 0.1) is 0 Å². The maximum atomic E-state index is 12.6. The Kier molecular flexibility index (Phi) is 8.06. The van der Waals surface area contributed by atoms with Crippen LogP contribution < -0.4 is 10.6 Å². The fourth-order valence-corrected chi connectivity index (χ4v) is 3.47. The molecule has 7 nitrogen and oxygen atoms in total. The number of hydrogen-bond donors (Lipinski definition) is 3. The van der Waals surface area contributed by atoms with Crippen molar-refractivity contribution in [1.29, 1.82) is 0 Å². The molecule has 1 aromatic carbocycles. The van der Waals surface area contributed by atoms with Crippen LogP contribution in [0.5, 0.6) is 0 Å². The fraction of sp³-hybridized carbons (Fsp3) is 0.600. The summed E-state index contributed by atoms with van der Waals surface area (Å²) in [7, 11) is 1.60. The summed E-state index contributed by atoms with van der Waals surface area (Å²) in [5, 5.41) is 14.9. The molecule has 27 heavy (non-hydrogen) atoms. The highest BCUT2D eigenvalue weighted by atomic mass is 16.3. The minimum atomic E-state index is -0.142. The van der Waals surface area contributed by atoms with Gasteiger partial charge in [-0.1, -0.05) is 26.0 Å². The molecular weight excluding hydrogens is 344 g/mol. The largest absolute Gasteiger partial charge is 0.396 e. The summed E-state index contributed by atoms with van der Waals surface area (Å²) in [5.74, 6) is 0.412. The van der Waals surface area contributed by atoms with Gasteiger partial charge in [0.25, 0.3) is 5.91 Å². The van der Waals surface area contributed by atoms with Crippen LogP contribution in [-0.4, -0.2) is 72.7 Å². The molecule has 0 aliphatic carbocycles. The Morgan fingerprint density at radius 3 is 2.74 bits per heavy atom. The number of nitrogens with zero attached hydrogens (tertiary/aromatic N) is 2. The van der Waals surface area contributed by atoms with E-state index in [0.717, 1.165) is 18.7 Å². The molecule has 2 rings (SSSR count). The maximum Gasteiger partial charge on any atom is 0.317 e. The van der Waals surface area contributed by atoms with E-state index in [1.165, 1.54) is 0 Å². The fourth-order valence-electron chi connectivity index (χ4n) is 3.47. The Bertz CT molecular complexity index is 635. The highest BCUT2D eigenvalue weighted by Crippen LogP contribution is 2.15. The first kappa shape index (κ1) is 21.2. The van der Waals surface area contributed by atoms with Crippen molar-refractivity contribution in [2.45, 2.75) is 32.9 Å². The summed E-state index contributed by atoms with van der Waals surface area (Å²) in [4.78, 5) is 28.5. The average molecular weight is 377 g/mol. The van der Waals surface area contributed by atoms with Gasteiger partial charge in [-0.05, 0) is 30.0 Å². The Labute approximate surface area is 161 Å². The molecule has 1 atom stereocenters. The van der Waals surface area contributed by atoms with Crippen LogP contribution in [0, 0.1) is 5.92 Å². The first-order valence-corrected chi connectivity index (χ1v) is 9.63. The summed E-state index contributed by atoms with van der Waals surface area (Å²) < 4.78 is 0. The van der Waals surface area contributed by atoms with Crippen LogP contribution in [0.1, 0.15) is 36.2 Å². The highest BCUT2D eigenvalue weighted by molar-refractivity contribution is 5.94. The van der Waals surface area contributed by atoms with Crippen molar-refractivity contribution in [2.24, 2.45) is 5.92 Å². The Morgan fingerprint density at radius 2 is 2.07 bits per heavy atom. The van der Waals surface area contributed by atoms with E-state index in [9.17, 15) is 14.7 Å². The number of hydrogen-bond acceptors (Lipinski definition) is 4. The third-order valence-corrected chi connectivity index (χ3v) is 4.81. The molecule has 150 valence electrons. The topological polar surface area (TPSA) is 84.9 Å². The summed E-state index contributed by atoms with van der Waals surface area (Å²) in [6, 6.07) is 7.32. The molecule has 1 saturated heterocycles. The van der Waals surface area contributed by atoms with Gasteiger partial charge in [0.2, 0.25) is 0 Å². The second-order valence-corrected chi connectivity index (χ2v) is 7.44. The van der Waals surface area contributed by atoms with Gasteiger partial charge in [0.15, 0.2) is 0 Å². The van der Waals surface area contributed by atoms with Gasteiger partial charge in [0.1, 0.15) is 0 Å². The molecule has 7 heteroatoms. The zero-order valence-corrected chi connectivity index (χ0v) is 16.6. The zero-order chi connectivity index (χ0) is 19.8. The second kappa shape index (κ2) is 10.3. The van der Waals surface area contributed by atoms with Crippen molar-refractivity contribution in [3.8, 4) is 0 Å². The first-order chi connectivity index (χ1) is 12.9. The van der Waals surface area contributed by atoms with Crippen LogP contribution in [0.4, 0.5) is 4.79 Å². The van der Waals surface area contributed by atoms with Gasteiger partial charge in [-0.15, -0.1) is 0 Å². The molecule has 0 spiro atoms. The first-order valence-electron chi connectivity index (χ1n) is 9.63. The van der Waals surface area contributed by atoms with E-state index in [2.05, 4.69) is 29.4 Å². The number of urea groups is 1. The van der Waals surface area contributed by atoms with Crippen LogP contribution >= 0.6 is 0 Å². The quantitative estimate of drug-likeness (QED) is 0.669. The number of nitrogens with one attached hydrogen (secondary N) is 2. The number of carbonyl (C=O) groups excluding carboxylic acids is 2. The standard InChI is InChI=1S/C20H32N4O3/c1-15(2)13-23-8-9-24(14-18(23)7-10-25)20(27)22-12-16-5-4-6-17(11-16)19(26)21-3/h4-6,11,15,18,25H,7-10,12-14H2,1-3H3,(H,21,26)(H,22,27). The molecule has 1 aliphatic rings. The molecule has 3 amide bonds. The van der Waals surface area contributed by atoms with Crippen LogP contribution in [0.15, 0.2) is 24.3 Å². The summed E-state index contributed by atoms with van der Waals surface area (Å²) in [6.07, 6.45) is 0.671. The van der Waals surface area contributed by atoms with Crippen LogP contribution in [0.25, 0.3) is 0 Å². The van der Waals surface area contributed by atoms with E-state index in [4.69, 9.17) is 0 Å². The SMILES string of the molecule is CNC(=O)c1cccc(CNC(=O)N2CCN(CC(C)C)C(CCO)C2)c1. The van der Waals surface area contributed by atoms with E-state index < -0.39 is 0 Å². The number of amides is 3. The molecule has 0 radical (unpaired) electrons. The maximum absolute atomic E-state index is 12.6. The van der Waals surface area contributed by atoms with Crippen molar-refractivity contribution in [2.75, 3.05) is 39.8 Å². The molecule has 0 aromatic heterocycles. The lowest BCUT2D eigenvalue weighted by Crippen LogP contribution is -2.57. The minimum absolute atomic E-state index is 0.104. The lowest BCUT2D eigenvalue weighted by Gasteiger charge is -2.42. The summed E-state index contributed by atoms with van der Waals surface area (Å²) in [5.41, 5.74) is 1.46. The molecule has 1 aliphatic heterocycles. The Balaban J connectivity index is 1.91. The number of aliphatic hydroxyl groups is 1. The lowest BCUT2D eigenvalue weighted by molar-refractivity contribution is 0.0654. The van der Waals surface area contributed by atoms with Gasteiger partial charge >= 0.3 is 6.03 Å². The van der Waals surface area contributed by atoms with Crippen molar-refractivity contribution in [1.82, 2.24) is 20.4 Å². The van der Waals surface area contributed by atoms with Crippen molar-refractivity contribution in [3.63, 3.8) is 0 Å². The molecule has 0 saturated carbocycles. The predicted octanol–water partition coefficient (Wildman–Crippen LogP) is 1.28. The average Bonchev–Trinajstić information content (AvgIpc) is 2.66. The second-order valence-electron chi connectivity index (χ2n) is 7.44. The van der Waals surface area contributed by atoms with E-state index in [1.54, 1.807) is 19.2 Å².